The van der Waals surface area contributed by atoms with Crippen LogP contribution in [0.3, 0.4) is 0 Å². The van der Waals surface area contributed by atoms with E-state index in [1.165, 1.54) is 0 Å². The summed E-state index contributed by atoms with van der Waals surface area (Å²) in [5.41, 5.74) is 2.02. The lowest BCUT2D eigenvalue weighted by Gasteiger charge is -2.05. The molecule has 0 saturated heterocycles. The first-order chi connectivity index (χ1) is 8.18. The maximum atomic E-state index is 11.3. The van der Waals surface area contributed by atoms with Crippen LogP contribution in [0.4, 0.5) is 0 Å². The summed E-state index contributed by atoms with van der Waals surface area (Å²) in [5, 5.41) is 3.39. The maximum Gasteiger partial charge on any atom is 0.237 e. The quantitative estimate of drug-likeness (QED) is 0.815. The number of hydrogen-bond donors (Lipinski definition) is 2. The molecule has 1 unspecified atom stereocenters. The van der Waals surface area contributed by atoms with Gasteiger partial charge in [-0.1, -0.05) is 0 Å². The monoisotopic (exact) mass is 251 g/mol. The van der Waals surface area contributed by atoms with Gasteiger partial charge in [-0.05, 0) is 31.0 Å². The zero-order valence-corrected chi connectivity index (χ0v) is 10.3. The van der Waals surface area contributed by atoms with Crippen LogP contribution in [-0.2, 0) is 11.2 Å². The van der Waals surface area contributed by atoms with Gasteiger partial charge in [0, 0.05) is 24.3 Å². The molecule has 0 spiro atoms. The molecule has 0 radical (unpaired) electrons. The molecule has 0 saturated carbocycles. The average molecular weight is 252 g/mol. The van der Waals surface area contributed by atoms with Gasteiger partial charge in [-0.15, -0.1) is 11.6 Å². The Kier molecular flexibility index (Phi) is 3.64. The van der Waals surface area contributed by atoms with E-state index in [2.05, 4.69) is 15.3 Å². The highest BCUT2D eigenvalue weighted by molar-refractivity contribution is 6.30. The van der Waals surface area contributed by atoms with E-state index in [0.29, 0.717) is 6.54 Å². The summed E-state index contributed by atoms with van der Waals surface area (Å²) >= 11 is 5.66. The number of carbonyl (C=O) groups excluding carboxylic acids is 1. The molecule has 1 amide bonds. The second-order valence-electron chi connectivity index (χ2n) is 3.87. The van der Waals surface area contributed by atoms with Crippen LogP contribution in [0.15, 0.2) is 24.5 Å². The topological polar surface area (TPSA) is 57.8 Å². The van der Waals surface area contributed by atoms with Gasteiger partial charge in [0.15, 0.2) is 0 Å². The third-order valence-corrected chi connectivity index (χ3v) is 2.79. The minimum atomic E-state index is -0.486. The molecular weight excluding hydrogens is 238 g/mol. The summed E-state index contributed by atoms with van der Waals surface area (Å²) in [6, 6.07) is 3.92. The predicted octanol–water partition coefficient (Wildman–Crippen LogP) is 1.85. The summed E-state index contributed by atoms with van der Waals surface area (Å²) in [6.07, 6.45) is 4.44. The first-order valence-electron chi connectivity index (χ1n) is 5.51. The van der Waals surface area contributed by atoms with Crippen LogP contribution in [0.2, 0.25) is 0 Å². The number of nitrogens with one attached hydrogen (secondary N) is 2. The standard InChI is InChI=1S/C12H14ClN3O/c1-8(13)12(17)15-6-4-9-7-16-11-10(9)3-2-5-14-11/h2-3,5,7-8H,4,6H2,1H3,(H,14,16)(H,15,17). The van der Waals surface area contributed by atoms with Crippen LogP contribution in [-0.4, -0.2) is 27.8 Å². The fraction of sp³-hybridized carbons (Fsp3) is 0.333. The van der Waals surface area contributed by atoms with Gasteiger partial charge in [0.2, 0.25) is 5.91 Å². The summed E-state index contributed by atoms with van der Waals surface area (Å²) < 4.78 is 0. The van der Waals surface area contributed by atoms with Gasteiger partial charge in [-0.3, -0.25) is 4.79 Å². The smallest absolute Gasteiger partial charge is 0.237 e. The SMILES string of the molecule is CC(Cl)C(=O)NCCc1c[nH]c2ncccc12. The molecule has 4 nitrogen and oxygen atoms in total. The Labute approximate surface area is 104 Å². The van der Waals surface area contributed by atoms with Gasteiger partial charge in [-0.2, -0.15) is 0 Å². The minimum absolute atomic E-state index is 0.135. The molecule has 17 heavy (non-hydrogen) atoms. The third kappa shape index (κ3) is 2.77. The number of fused-ring (bicyclic) bond motifs is 1. The number of aromatic amines is 1. The van der Waals surface area contributed by atoms with E-state index in [9.17, 15) is 4.79 Å². The number of nitrogens with zero attached hydrogens (tertiary/aromatic N) is 1. The Morgan fingerprint density at radius 2 is 2.47 bits per heavy atom. The lowest BCUT2D eigenvalue weighted by atomic mass is 10.1. The van der Waals surface area contributed by atoms with E-state index in [1.807, 2.05) is 18.3 Å². The van der Waals surface area contributed by atoms with Crippen LogP contribution in [0.5, 0.6) is 0 Å². The molecule has 2 N–H and O–H groups in total. The van der Waals surface area contributed by atoms with E-state index in [1.54, 1.807) is 13.1 Å². The van der Waals surface area contributed by atoms with Gasteiger partial charge >= 0.3 is 0 Å². The van der Waals surface area contributed by atoms with Crippen molar-refractivity contribution in [1.82, 2.24) is 15.3 Å². The molecule has 2 rings (SSSR count). The van der Waals surface area contributed by atoms with Crippen molar-refractivity contribution < 1.29 is 4.79 Å². The lowest BCUT2D eigenvalue weighted by Crippen LogP contribution is -2.31. The number of amides is 1. The molecule has 5 heteroatoms. The largest absolute Gasteiger partial charge is 0.354 e. The van der Waals surface area contributed by atoms with Crippen molar-refractivity contribution >= 4 is 28.5 Å². The molecule has 2 aromatic heterocycles. The highest BCUT2D eigenvalue weighted by Gasteiger charge is 2.08. The number of H-pyrrole nitrogens is 1. The van der Waals surface area contributed by atoms with E-state index >= 15 is 0 Å². The van der Waals surface area contributed by atoms with Gasteiger partial charge in [0.1, 0.15) is 11.0 Å². The molecule has 0 fully saturated rings. The molecular formula is C12H14ClN3O. The number of halogens is 1. The zero-order valence-electron chi connectivity index (χ0n) is 9.53. The number of rotatable bonds is 4. The van der Waals surface area contributed by atoms with E-state index in [0.717, 1.165) is 23.0 Å². The van der Waals surface area contributed by atoms with Crippen molar-refractivity contribution in [2.75, 3.05) is 6.54 Å². The van der Waals surface area contributed by atoms with Gasteiger partial charge in [0.25, 0.3) is 0 Å². The number of carbonyl (C=O) groups is 1. The van der Waals surface area contributed by atoms with E-state index in [-0.39, 0.29) is 5.91 Å². The number of pyridine rings is 1. The predicted molar refractivity (Wildman–Crippen MR) is 68.1 cm³/mol. The average Bonchev–Trinajstić information content (AvgIpc) is 2.72. The second-order valence-corrected chi connectivity index (χ2v) is 4.53. The van der Waals surface area contributed by atoms with E-state index < -0.39 is 5.38 Å². The summed E-state index contributed by atoms with van der Waals surface area (Å²) in [4.78, 5) is 18.6. The van der Waals surface area contributed by atoms with Crippen molar-refractivity contribution in [2.24, 2.45) is 0 Å². The van der Waals surface area contributed by atoms with Crippen LogP contribution in [0, 0.1) is 0 Å². The first kappa shape index (κ1) is 11.9. The van der Waals surface area contributed by atoms with Crippen molar-refractivity contribution in [1.29, 1.82) is 0 Å². The normalized spacial score (nSPS) is 12.6. The fourth-order valence-electron chi connectivity index (χ4n) is 1.68. The minimum Gasteiger partial charge on any atom is -0.354 e. The van der Waals surface area contributed by atoms with Crippen molar-refractivity contribution in [3.8, 4) is 0 Å². The number of alkyl halides is 1. The highest BCUT2D eigenvalue weighted by Crippen LogP contribution is 2.15. The molecule has 90 valence electrons. The van der Waals surface area contributed by atoms with Crippen LogP contribution < -0.4 is 5.32 Å². The van der Waals surface area contributed by atoms with Crippen molar-refractivity contribution in [3.05, 3.63) is 30.1 Å². The third-order valence-electron chi connectivity index (χ3n) is 2.59. The molecule has 2 heterocycles. The second kappa shape index (κ2) is 5.19. The highest BCUT2D eigenvalue weighted by atomic mass is 35.5. The van der Waals surface area contributed by atoms with Crippen molar-refractivity contribution in [2.45, 2.75) is 18.7 Å². The Morgan fingerprint density at radius 3 is 3.24 bits per heavy atom. The molecule has 0 aliphatic rings. The first-order valence-corrected chi connectivity index (χ1v) is 5.95. The molecule has 0 bridgehead atoms. The van der Waals surface area contributed by atoms with E-state index in [4.69, 9.17) is 11.6 Å². The number of aromatic nitrogens is 2. The Hall–Kier alpha value is -1.55. The Bertz CT molecular complexity index is 521. The fourth-order valence-corrected chi connectivity index (χ4v) is 1.76. The Balaban J connectivity index is 1.98. The van der Waals surface area contributed by atoms with Gasteiger partial charge in [0.05, 0.1) is 0 Å². The number of hydrogen-bond acceptors (Lipinski definition) is 2. The van der Waals surface area contributed by atoms with Crippen LogP contribution in [0.1, 0.15) is 12.5 Å². The molecule has 2 aromatic rings. The van der Waals surface area contributed by atoms with Gasteiger partial charge in [-0.25, -0.2) is 4.98 Å². The summed E-state index contributed by atoms with van der Waals surface area (Å²) in [5.74, 6) is -0.135. The van der Waals surface area contributed by atoms with Crippen molar-refractivity contribution in [3.63, 3.8) is 0 Å². The Morgan fingerprint density at radius 1 is 1.65 bits per heavy atom. The summed E-state index contributed by atoms with van der Waals surface area (Å²) in [7, 11) is 0. The molecule has 1 atom stereocenters. The molecule has 0 aliphatic carbocycles. The maximum absolute atomic E-state index is 11.3. The van der Waals surface area contributed by atoms with Gasteiger partial charge < -0.3 is 10.3 Å². The lowest BCUT2D eigenvalue weighted by molar-refractivity contribution is -0.120. The molecule has 0 aliphatic heterocycles. The molecule has 0 aromatic carbocycles. The van der Waals surface area contributed by atoms with Crippen LogP contribution >= 0.6 is 11.6 Å². The van der Waals surface area contributed by atoms with Crippen LogP contribution in [0.25, 0.3) is 11.0 Å². The zero-order chi connectivity index (χ0) is 12.3. The summed E-state index contributed by atoms with van der Waals surface area (Å²) in [6.45, 7) is 2.24.